The summed E-state index contributed by atoms with van der Waals surface area (Å²) in [5, 5.41) is -0.845. The van der Waals surface area contributed by atoms with Gasteiger partial charge in [-0.2, -0.15) is 0 Å². The predicted molar refractivity (Wildman–Crippen MR) is 60.4 cm³/mol. The zero-order chi connectivity index (χ0) is 20.7. The zero-order valence-electron chi connectivity index (χ0n) is 19.2. The summed E-state index contributed by atoms with van der Waals surface area (Å²) in [6, 6.07) is 0. The van der Waals surface area contributed by atoms with Gasteiger partial charge >= 0.3 is 0 Å². The van der Waals surface area contributed by atoms with Crippen LogP contribution >= 0.6 is 27.3 Å². The number of piperidine rings is 1. The molecule has 1 atom stereocenters. The van der Waals surface area contributed by atoms with E-state index in [0.29, 0.717) is 11.3 Å². The number of thiazole rings is 1. The number of hydrogen-bond acceptors (Lipinski definition) is 3. The van der Waals surface area contributed by atoms with Gasteiger partial charge in [0.15, 0.2) is 5.13 Å². The highest BCUT2D eigenvalue weighted by molar-refractivity contribution is 9.10. The minimum atomic E-state index is -3.74. The van der Waals surface area contributed by atoms with Crippen LogP contribution in [0.25, 0.3) is 0 Å². The molecule has 2 nitrogen and oxygen atoms in total. The first-order chi connectivity index (χ1) is 11.3. The predicted octanol–water partition coefficient (Wildman–Crippen LogP) is 3.14. The topological polar surface area (TPSA) is 16.1 Å². The molecule has 4 heteroatoms. The molecule has 13 heavy (non-hydrogen) atoms. The van der Waals surface area contributed by atoms with Crippen molar-refractivity contribution in [1.29, 1.82) is 0 Å². The maximum Gasteiger partial charge on any atom is 0.186 e. The van der Waals surface area contributed by atoms with Gasteiger partial charge in [-0.25, -0.2) is 4.98 Å². The van der Waals surface area contributed by atoms with Crippen LogP contribution in [0.4, 0.5) is 5.13 Å². The fourth-order valence-corrected chi connectivity index (χ4v) is 1.79. The molecule has 72 valence electrons. The van der Waals surface area contributed by atoms with E-state index in [1.807, 2.05) is 0 Å². The second-order valence-electron chi connectivity index (χ2n) is 2.07. The first-order valence-corrected chi connectivity index (χ1v) is 4.82. The van der Waals surface area contributed by atoms with Gasteiger partial charge in [0.2, 0.25) is 0 Å². The second-order valence-corrected chi connectivity index (χ2v) is 3.60. The molecule has 2 heterocycles. The molecule has 1 saturated heterocycles. The maximum absolute atomic E-state index is 8.21. The summed E-state index contributed by atoms with van der Waals surface area (Å²) in [7, 11) is 0. The van der Waals surface area contributed by atoms with E-state index in [4.69, 9.17) is 17.8 Å². The van der Waals surface area contributed by atoms with Gasteiger partial charge < -0.3 is 4.90 Å². The van der Waals surface area contributed by atoms with Gasteiger partial charge in [0.25, 0.3) is 0 Å². The van der Waals surface area contributed by atoms with Crippen molar-refractivity contribution in [2.45, 2.75) is 19.6 Å². The van der Waals surface area contributed by atoms with Gasteiger partial charge in [0.1, 0.15) is 4.60 Å². The van der Waals surface area contributed by atoms with E-state index in [1.165, 1.54) is 0 Å². The molecule has 1 aromatic rings. The fraction of sp³-hybridized carbons (Fsp3) is 0.667. The Kier molecular flexibility index (Phi) is 0.771. The number of halogens is 1. The van der Waals surface area contributed by atoms with Crippen LogP contribution in [0.5, 0.6) is 0 Å². The molecule has 0 bridgehead atoms. The van der Waals surface area contributed by atoms with Crippen LogP contribution in [0.2, 0.25) is 0 Å². The summed E-state index contributed by atoms with van der Waals surface area (Å²) in [6.45, 7) is -10.6. The summed E-state index contributed by atoms with van der Waals surface area (Å²) in [4.78, 5) is 3.75. The zero-order valence-corrected chi connectivity index (χ0v) is 8.58. The lowest BCUT2D eigenvalue weighted by Crippen LogP contribution is -2.34. The van der Waals surface area contributed by atoms with Crippen molar-refractivity contribution >= 4 is 32.4 Å². The SMILES string of the molecule is [2H]c1sc(N2C([2H])([2H])C([2H])([2H])C([2H])([2H])C([2H])(C([2H])([2H])[2H])C2([2H])[2H])nc1Br. The molecule has 1 unspecified atom stereocenters. The van der Waals surface area contributed by atoms with Crippen LogP contribution in [0.3, 0.4) is 0 Å². The molecule has 1 aromatic heterocycles. The lowest BCUT2D eigenvalue weighted by atomic mass is 10.0. The Bertz CT molecular complexity index is 708. The Morgan fingerprint density at radius 3 is 3.69 bits per heavy atom. The van der Waals surface area contributed by atoms with Crippen molar-refractivity contribution in [2.24, 2.45) is 5.89 Å². The molecule has 0 radical (unpaired) electrons. The van der Waals surface area contributed by atoms with E-state index in [1.54, 1.807) is 0 Å². The Hall–Kier alpha value is -0.0900. The summed E-state index contributed by atoms with van der Waals surface area (Å²) in [5.41, 5.74) is 0. The van der Waals surface area contributed by atoms with Crippen LogP contribution in [-0.4, -0.2) is 18.0 Å². The quantitative estimate of drug-likeness (QED) is 0.782. The molecule has 1 fully saturated rings. The Labute approximate surface area is 109 Å². The molecule has 0 saturated carbocycles. The molecule has 0 N–H and O–H groups in total. The molecule has 0 spiro atoms. The van der Waals surface area contributed by atoms with E-state index < -0.39 is 43.6 Å². The van der Waals surface area contributed by atoms with Crippen LogP contribution in [-0.2, 0) is 0 Å². The third-order valence-electron chi connectivity index (χ3n) is 1.19. The molecule has 0 aliphatic carbocycles. The molecule has 2 rings (SSSR count). The molecule has 1 aliphatic rings. The first-order valence-electron chi connectivity index (χ1n) is 9.72. The molecule has 1 aliphatic heterocycles. The van der Waals surface area contributed by atoms with E-state index in [-0.39, 0.29) is 14.9 Å². The number of aromatic nitrogens is 1. The van der Waals surface area contributed by atoms with Gasteiger partial charge in [0, 0.05) is 34.8 Å². The van der Waals surface area contributed by atoms with Crippen LogP contribution < -0.4 is 4.90 Å². The van der Waals surface area contributed by atoms with Crippen LogP contribution in [0.15, 0.2) is 9.96 Å². The van der Waals surface area contributed by atoms with Crippen molar-refractivity contribution in [2.75, 3.05) is 17.9 Å². The van der Waals surface area contributed by atoms with Crippen molar-refractivity contribution in [1.82, 2.24) is 4.98 Å². The Morgan fingerprint density at radius 2 is 3.00 bits per heavy atom. The number of anilines is 1. The van der Waals surface area contributed by atoms with Crippen LogP contribution in [0, 0.1) is 5.89 Å². The van der Waals surface area contributed by atoms with Gasteiger partial charge in [-0.15, -0.1) is 11.3 Å². The normalized spacial score (nSPS) is 60.4. The molecule has 0 aromatic carbocycles. The monoisotopic (exact) mass is 273 g/mol. The Morgan fingerprint density at radius 1 is 2.08 bits per heavy atom. The van der Waals surface area contributed by atoms with E-state index >= 15 is 0 Å². The summed E-state index contributed by atoms with van der Waals surface area (Å²) < 4.78 is 103. The average molecular weight is 274 g/mol. The summed E-state index contributed by atoms with van der Waals surface area (Å²) >= 11 is 3.33. The highest BCUT2D eigenvalue weighted by atomic mass is 79.9. The fourth-order valence-electron chi connectivity index (χ4n) is 0.723. The standard InChI is InChI=1S/C9H13BrN2S/c1-7-3-2-4-12(5-7)9-11-8(10)6-13-9/h6-7H,2-5H2,1H3/i1D3,2D2,3D2,4D2,5D2,6D,7D. The minimum Gasteiger partial charge on any atom is -0.348 e. The first kappa shape index (κ1) is 2.53. The van der Waals surface area contributed by atoms with Gasteiger partial charge in [0.05, 0.1) is 1.37 Å². The maximum atomic E-state index is 8.21. The molecule has 0 amide bonds. The molecular weight excluding hydrogens is 248 g/mol. The third kappa shape index (κ3) is 2.23. The van der Waals surface area contributed by atoms with Crippen molar-refractivity contribution < 1.29 is 17.8 Å². The van der Waals surface area contributed by atoms with Crippen molar-refractivity contribution in [3.63, 3.8) is 0 Å². The van der Waals surface area contributed by atoms with Crippen molar-refractivity contribution in [3.8, 4) is 0 Å². The van der Waals surface area contributed by atoms with Gasteiger partial charge in [-0.1, -0.05) is 6.85 Å². The average Bonchev–Trinajstić information content (AvgIpc) is 2.73. The lowest BCUT2D eigenvalue weighted by Gasteiger charge is -2.30. The van der Waals surface area contributed by atoms with Gasteiger partial charge in [-0.3, -0.25) is 0 Å². The third-order valence-corrected chi connectivity index (χ3v) is 2.58. The highest BCUT2D eigenvalue weighted by Crippen LogP contribution is 2.27. The smallest absolute Gasteiger partial charge is 0.186 e. The van der Waals surface area contributed by atoms with Crippen LogP contribution in [0.1, 0.15) is 37.4 Å². The minimum absolute atomic E-state index is 0.0220. The summed E-state index contributed by atoms with van der Waals surface area (Å²) in [5.74, 6) is -3.71. The number of nitrogens with zero attached hydrogens (tertiary/aromatic N) is 2. The largest absolute Gasteiger partial charge is 0.348 e. The Balaban J connectivity index is 2.92. The molecular formula is C9H13BrN2S. The highest BCUT2D eigenvalue weighted by Gasteiger charge is 2.18. The second kappa shape index (κ2) is 3.96. The van der Waals surface area contributed by atoms with E-state index in [0.717, 1.165) is 0 Å². The van der Waals surface area contributed by atoms with Gasteiger partial charge in [-0.05, 0) is 34.6 Å². The number of hydrogen-bond donors (Lipinski definition) is 0. The number of rotatable bonds is 1. The lowest BCUT2D eigenvalue weighted by molar-refractivity contribution is 0.446. The van der Waals surface area contributed by atoms with E-state index in [9.17, 15) is 0 Å². The van der Waals surface area contributed by atoms with Crippen molar-refractivity contribution in [3.05, 3.63) is 9.96 Å². The van der Waals surface area contributed by atoms with E-state index in [2.05, 4.69) is 20.9 Å². The summed E-state index contributed by atoms with van der Waals surface area (Å²) in [6.07, 6.45) is -7.35.